The van der Waals surface area contributed by atoms with Crippen LogP contribution in [0.5, 0.6) is 5.75 Å². The van der Waals surface area contributed by atoms with Crippen LogP contribution < -0.4 is 10.1 Å². The lowest BCUT2D eigenvalue weighted by Gasteiger charge is -2.23. The Morgan fingerprint density at radius 2 is 2.21 bits per heavy atom. The van der Waals surface area contributed by atoms with Gasteiger partial charge in [-0.3, -0.25) is 4.79 Å². The zero-order valence-corrected chi connectivity index (χ0v) is 15.2. The predicted octanol–water partition coefficient (Wildman–Crippen LogP) is 4.08. The van der Waals surface area contributed by atoms with Crippen molar-refractivity contribution in [3.8, 4) is 5.75 Å². The minimum atomic E-state index is -0.441. The maximum atomic E-state index is 12.4. The van der Waals surface area contributed by atoms with Gasteiger partial charge in [0.25, 0.3) is 0 Å². The van der Waals surface area contributed by atoms with E-state index in [1.54, 1.807) is 7.11 Å². The van der Waals surface area contributed by atoms with Gasteiger partial charge >= 0.3 is 0 Å². The molecule has 1 aliphatic rings. The monoisotopic (exact) mass is 333 g/mol. The highest BCUT2D eigenvalue weighted by molar-refractivity contribution is 5.80. The highest BCUT2D eigenvalue weighted by Crippen LogP contribution is 2.30. The summed E-state index contributed by atoms with van der Waals surface area (Å²) in [5.41, 5.74) is 1.01. The molecule has 0 heterocycles. The number of methoxy groups -OCH3 is 1. The van der Waals surface area contributed by atoms with Crippen LogP contribution in [0.15, 0.2) is 24.3 Å². The van der Waals surface area contributed by atoms with E-state index in [9.17, 15) is 4.79 Å². The number of hydrogen-bond acceptors (Lipinski definition) is 3. The van der Waals surface area contributed by atoms with Crippen molar-refractivity contribution in [2.75, 3.05) is 7.11 Å². The number of carbonyl (C=O) groups excluding carboxylic acids is 1. The van der Waals surface area contributed by atoms with Crippen LogP contribution in [0, 0.1) is 5.92 Å². The second kappa shape index (κ2) is 9.67. The molecule has 1 aliphatic carbocycles. The molecule has 2 rings (SSSR count). The Morgan fingerprint density at radius 3 is 2.96 bits per heavy atom. The van der Waals surface area contributed by atoms with E-state index in [0.717, 1.165) is 17.7 Å². The number of ether oxygens (including phenoxy) is 2. The van der Waals surface area contributed by atoms with Crippen molar-refractivity contribution in [1.29, 1.82) is 0 Å². The molecule has 4 heteroatoms. The molecule has 134 valence electrons. The smallest absolute Gasteiger partial charge is 0.249 e. The largest absolute Gasteiger partial charge is 0.497 e. The van der Waals surface area contributed by atoms with Gasteiger partial charge in [-0.25, -0.2) is 0 Å². The minimum Gasteiger partial charge on any atom is -0.497 e. The molecule has 1 fully saturated rings. The Bertz CT molecular complexity index is 517. The third-order valence-electron chi connectivity index (χ3n) is 4.92. The Morgan fingerprint density at radius 1 is 1.38 bits per heavy atom. The summed E-state index contributed by atoms with van der Waals surface area (Å²) < 4.78 is 11.0. The van der Waals surface area contributed by atoms with Gasteiger partial charge in [0, 0.05) is 6.04 Å². The average Bonchev–Trinajstić information content (AvgIpc) is 3.04. The topological polar surface area (TPSA) is 47.6 Å². The Labute approximate surface area is 145 Å². The van der Waals surface area contributed by atoms with E-state index >= 15 is 0 Å². The van der Waals surface area contributed by atoms with Crippen LogP contribution in [0.25, 0.3) is 0 Å². The second-order valence-electron chi connectivity index (χ2n) is 6.75. The van der Waals surface area contributed by atoms with Crippen molar-refractivity contribution in [3.05, 3.63) is 29.8 Å². The van der Waals surface area contributed by atoms with E-state index in [-0.39, 0.29) is 5.91 Å². The predicted molar refractivity (Wildman–Crippen MR) is 96.0 cm³/mol. The number of benzene rings is 1. The molecular formula is C20H31NO3. The van der Waals surface area contributed by atoms with Crippen LogP contribution in [-0.4, -0.2) is 25.2 Å². The highest BCUT2D eigenvalue weighted by Gasteiger charge is 2.29. The Hall–Kier alpha value is -1.55. The van der Waals surface area contributed by atoms with Crippen LogP contribution in [0.4, 0.5) is 0 Å². The number of nitrogens with one attached hydrogen (secondary N) is 1. The zero-order valence-electron chi connectivity index (χ0n) is 15.2. The first kappa shape index (κ1) is 18.8. The summed E-state index contributed by atoms with van der Waals surface area (Å²) in [5.74, 6) is 1.45. The third kappa shape index (κ3) is 5.52. The summed E-state index contributed by atoms with van der Waals surface area (Å²) in [4.78, 5) is 12.4. The Balaban J connectivity index is 1.79. The molecule has 3 unspecified atom stereocenters. The van der Waals surface area contributed by atoms with Crippen LogP contribution in [0.2, 0.25) is 0 Å². The van der Waals surface area contributed by atoms with E-state index in [2.05, 4.69) is 12.2 Å². The van der Waals surface area contributed by atoms with Gasteiger partial charge < -0.3 is 14.8 Å². The van der Waals surface area contributed by atoms with Crippen molar-refractivity contribution in [2.45, 2.75) is 71.1 Å². The van der Waals surface area contributed by atoms with Gasteiger partial charge in [0.1, 0.15) is 11.9 Å². The molecule has 1 N–H and O–H groups in total. The first-order valence-electron chi connectivity index (χ1n) is 9.19. The van der Waals surface area contributed by atoms with E-state index in [4.69, 9.17) is 9.47 Å². The molecule has 0 radical (unpaired) electrons. The van der Waals surface area contributed by atoms with E-state index in [1.807, 2.05) is 31.2 Å². The summed E-state index contributed by atoms with van der Waals surface area (Å²) in [6.07, 6.45) is 6.81. The molecule has 0 saturated heterocycles. The molecule has 1 saturated carbocycles. The fourth-order valence-corrected chi connectivity index (χ4v) is 3.40. The first-order chi connectivity index (χ1) is 11.6. The van der Waals surface area contributed by atoms with Crippen LogP contribution in [0.1, 0.15) is 57.9 Å². The molecule has 1 aromatic carbocycles. The second-order valence-corrected chi connectivity index (χ2v) is 6.75. The van der Waals surface area contributed by atoms with Crippen molar-refractivity contribution >= 4 is 5.91 Å². The number of amides is 1. The number of hydrogen-bond donors (Lipinski definition) is 1. The fourth-order valence-electron chi connectivity index (χ4n) is 3.40. The molecule has 1 aromatic rings. The standard InChI is InChI=1S/C20H31NO3/c1-4-5-9-17-10-7-12-19(17)21-20(22)15(2)24-14-16-8-6-11-18(13-16)23-3/h6,8,11,13,15,17,19H,4-5,7,9-10,12,14H2,1-3H3,(H,21,22). The van der Waals surface area contributed by atoms with Gasteiger partial charge in [0.05, 0.1) is 13.7 Å². The summed E-state index contributed by atoms with van der Waals surface area (Å²) in [6, 6.07) is 8.06. The molecule has 0 aliphatic heterocycles. The Kier molecular flexibility index (Phi) is 7.57. The highest BCUT2D eigenvalue weighted by atomic mass is 16.5. The molecular weight excluding hydrogens is 302 g/mol. The van der Waals surface area contributed by atoms with E-state index < -0.39 is 6.10 Å². The molecule has 0 aromatic heterocycles. The van der Waals surface area contributed by atoms with Gasteiger partial charge in [-0.1, -0.05) is 38.3 Å². The van der Waals surface area contributed by atoms with Crippen LogP contribution in [-0.2, 0) is 16.1 Å². The lowest BCUT2D eigenvalue weighted by Crippen LogP contribution is -2.43. The van der Waals surface area contributed by atoms with E-state index in [1.165, 1.54) is 32.1 Å². The number of unbranched alkanes of at least 4 members (excludes halogenated alkanes) is 1. The van der Waals surface area contributed by atoms with Crippen LogP contribution in [0.3, 0.4) is 0 Å². The summed E-state index contributed by atoms with van der Waals surface area (Å²) in [6.45, 7) is 4.46. The molecule has 0 spiro atoms. The number of carbonyl (C=O) groups is 1. The van der Waals surface area contributed by atoms with Crippen molar-refractivity contribution < 1.29 is 14.3 Å². The molecule has 24 heavy (non-hydrogen) atoms. The van der Waals surface area contributed by atoms with E-state index in [0.29, 0.717) is 18.6 Å². The van der Waals surface area contributed by atoms with Crippen molar-refractivity contribution in [3.63, 3.8) is 0 Å². The fraction of sp³-hybridized carbons (Fsp3) is 0.650. The van der Waals surface area contributed by atoms with Gasteiger partial charge in [0.2, 0.25) is 5.91 Å². The summed E-state index contributed by atoms with van der Waals surface area (Å²) in [7, 11) is 1.65. The van der Waals surface area contributed by atoms with Gasteiger partial charge in [-0.2, -0.15) is 0 Å². The van der Waals surface area contributed by atoms with Crippen LogP contribution >= 0.6 is 0 Å². The van der Waals surface area contributed by atoms with Gasteiger partial charge in [0.15, 0.2) is 0 Å². The number of rotatable bonds is 9. The molecule has 4 nitrogen and oxygen atoms in total. The van der Waals surface area contributed by atoms with Gasteiger partial charge in [-0.15, -0.1) is 0 Å². The normalized spacial score (nSPS) is 21.5. The summed E-state index contributed by atoms with van der Waals surface area (Å²) in [5, 5.41) is 3.21. The average molecular weight is 333 g/mol. The SMILES string of the molecule is CCCCC1CCCC1NC(=O)C(C)OCc1cccc(OC)c1. The maximum Gasteiger partial charge on any atom is 0.249 e. The maximum absolute atomic E-state index is 12.4. The van der Waals surface area contributed by atoms with Gasteiger partial charge in [-0.05, 0) is 49.8 Å². The molecule has 0 bridgehead atoms. The minimum absolute atomic E-state index is 0.00583. The lowest BCUT2D eigenvalue weighted by molar-refractivity contribution is -0.133. The van der Waals surface area contributed by atoms with Crippen molar-refractivity contribution in [2.24, 2.45) is 5.92 Å². The summed E-state index contributed by atoms with van der Waals surface area (Å²) >= 11 is 0. The van der Waals surface area contributed by atoms with Crippen molar-refractivity contribution in [1.82, 2.24) is 5.32 Å². The third-order valence-corrected chi connectivity index (χ3v) is 4.92. The zero-order chi connectivity index (χ0) is 17.4. The lowest BCUT2D eigenvalue weighted by atomic mass is 9.96. The quantitative estimate of drug-likeness (QED) is 0.741. The first-order valence-corrected chi connectivity index (χ1v) is 9.19. The molecule has 3 atom stereocenters. The molecule has 1 amide bonds.